The fourth-order valence-corrected chi connectivity index (χ4v) is 9.32. The lowest BCUT2D eigenvalue weighted by Gasteiger charge is -2.62. The van der Waals surface area contributed by atoms with Gasteiger partial charge in [-0.25, -0.2) is 0 Å². The zero-order valence-electron chi connectivity index (χ0n) is 19.3. The average Bonchev–Trinajstić information content (AvgIpc) is 3.02. The predicted molar refractivity (Wildman–Crippen MR) is 115 cm³/mol. The third-order valence-electron chi connectivity index (χ3n) is 10.9. The molecule has 1 N–H and O–H groups in total. The highest BCUT2D eigenvalue weighted by atomic mass is 19.4. The molecule has 4 fully saturated rings. The van der Waals surface area contributed by atoms with Gasteiger partial charge in [0.2, 0.25) is 0 Å². The molecule has 9 atom stereocenters. The molecule has 0 spiro atoms. The molecule has 4 aliphatic carbocycles. The highest BCUT2D eigenvalue weighted by Crippen LogP contribution is 2.69. The summed E-state index contributed by atoms with van der Waals surface area (Å²) in [5, 5.41) is 9.38. The number of fused-ring (bicyclic) bond motifs is 5. The van der Waals surface area contributed by atoms with Gasteiger partial charge in [0.1, 0.15) is 6.10 Å². The van der Waals surface area contributed by atoms with Crippen LogP contribution < -0.4 is 0 Å². The normalized spacial score (nSPS) is 47.3. The van der Waals surface area contributed by atoms with Crippen LogP contribution in [0.1, 0.15) is 104 Å². The summed E-state index contributed by atoms with van der Waals surface area (Å²) in [7, 11) is 0. The van der Waals surface area contributed by atoms with Gasteiger partial charge >= 0.3 is 6.18 Å². The molecule has 4 aliphatic rings. The molecule has 0 radical (unpaired) electrons. The third-order valence-corrected chi connectivity index (χ3v) is 10.9. The molecule has 30 heavy (non-hydrogen) atoms. The van der Waals surface area contributed by atoms with Crippen molar-refractivity contribution in [2.24, 2.45) is 46.3 Å². The first-order valence-corrected chi connectivity index (χ1v) is 12.9. The maximum Gasteiger partial charge on any atom is 0.414 e. The SMILES string of the molecule is CC[C@H]1CC2C3CCC(CCCC(O)C(F)(F)F)C3(C)CC[C@@H]2C2(C)CCCCC12. The zero-order chi connectivity index (χ0) is 21.7. The average molecular weight is 429 g/mol. The number of hydrogen-bond acceptors (Lipinski definition) is 1. The van der Waals surface area contributed by atoms with E-state index in [1.807, 2.05) is 0 Å². The highest BCUT2D eigenvalue weighted by molar-refractivity contribution is 5.10. The van der Waals surface area contributed by atoms with Gasteiger partial charge < -0.3 is 5.11 Å². The van der Waals surface area contributed by atoms with Crippen LogP contribution in [0.5, 0.6) is 0 Å². The molecular formula is C26H43F3O. The van der Waals surface area contributed by atoms with Crippen molar-refractivity contribution >= 4 is 0 Å². The summed E-state index contributed by atoms with van der Waals surface area (Å²) >= 11 is 0. The van der Waals surface area contributed by atoms with Crippen molar-refractivity contribution in [3.05, 3.63) is 0 Å². The second-order valence-corrected chi connectivity index (χ2v) is 11.9. The maximum absolute atomic E-state index is 12.7. The van der Waals surface area contributed by atoms with E-state index < -0.39 is 12.3 Å². The van der Waals surface area contributed by atoms with Crippen LogP contribution in [-0.2, 0) is 0 Å². The molecule has 0 aliphatic heterocycles. The maximum atomic E-state index is 12.7. The minimum absolute atomic E-state index is 0.134. The molecule has 0 amide bonds. The number of alkyl halides is 3. The van der Waals surface area contributed by atoms with Crippen molar-refractivity contribution < 1.29 is 18.3 Å². The molecule has 7 unspecified atom stereocenters. The van der Waals surface area contributed by atoms with Crippen molar-refractivity contribution in [3.8, 4) is 0 Å². The van der Waals surface area contributed by atoms with E-state index in [4.69, 9.17) is 0 Å². The van der Waals surface area contributed by atoms with Crippen LogP contribution in [-0.4, -0.2) is 17.4 Å². The van der Waals surface area contributed by atoms with Gasteiger partial charge in [-0.3, -0.25) is 0 Å². The van der Waals surface area contributed by atoms with Gasteiger partial charge in [-0.1, -0.05) is 46.5 Å². The van der Waals surface area contributed by atoms with Crippen molar-refractivity contribution in [1.29, 1.82) is 0 Å². The highest BCUT2D eigenvalue weighted by Gasteiger charge is 2.61. The number of aliphatic hydroxyl groups is 1. The van der Waals surface area contributed by atoms with E-state index in [0.29, 0.717) is 23.2 Å². The Balaban J connectivity index is 1.46. The van der Waals surface area contributed by atoms with E-state index in [0.717, 1.165) is 36.0 Å². The van der Waals surface area contributed by atoms with Crippen molar-refractivity contribution in [2.45, 2.75) is 117 Å². The van der Waals surface area contributed by atoms with Crippen molar-refractivity contribution in [1.82, 2.24) is 0 Å². The summed E-state index contributed by atoms with van der Waals surface area (Å²) in [5.74, 6) is 4.81. The van der Waals surface area contributed by atoms with Crippen molar-refractivity contribution in [2.75, 3.05) is 0 Å². The molecule has 0 aromatic rings. The van der Waals surface area contributed by atoms with Gasteiger partial charge in [0.05, 0.1) is 0 Å². The summed E-state index contributed by atoms with van der Waals surface area (Å²) in [6.07, 6.45) is 8.05. The fourth-order valence-electron chi connectivity index (χ4n) is 9.32. The molecule has 0 bridgehead atoms. The number of rotatable bonds is 5. The summed E-state index contributed by atoms with van der Waals surface area (Å²) in [6, 6.07) is 0. The topological polar surface area (TPSA) is 20.2 Å². The van der Waals surface area contributed by atoms with Crippen LogP contribution in [0.25, 0.3) is 0 Å². The summed E-state index contributed by atoms with van der Waals surface area (Å²) in [5.41, 5.74) is 0.832. The Morgan fingerprint density at radius 1 is 0.933 bits per heavy atom. The van der Waals surface area contributed by atoms with Crippen LogP contribution in [0, 0.1) is 46.3 Å². The molecule has 0 saturated heterocycles. The number of aliphatic hydroxyl groups excluding tert-OH is 1. The first kappa shape index (κ1) is 22.9. The molecule has 4 saturated carbocycles. The van der Waals surface area contributed by atoms with E-state index in [1.165, 1.54) is 64.2 Å². The van der Waals surface area contributed by atoms with E-state index in [1.54, 1.807) is 0 Å². The largest absolute Gasteiger partial charge is 0.414 e. The molecule has 0 heterocycles. The minimum Gasteiger partial charge on any atom is -0.384 e. The third kappa shape index (κ3) is 3.75. The molecule has 4 rings (SSSR count). The lowest BCUT2D eigenvalue weighted by Crippen LogP contribution is -2.55. The summed E-state index contributed by atoms with van der Waals surface area (Å²) < 4.78 is 38.0. The van der Waals surface area contributed by atoms with E-state index >= 15 is 0 Å². The van der Waals surface area contributed by atoms with Crippen LogP contribution in [0.4, 0.5) is 13.2 Å². The van der Waals surface area contributed by atoms with Crippen LogP contribution in [0.15, 0.2) is 0 Å². The molecule has 1 nitrogen and oxygen atoms in total. The standard InChI is InChI=1S/C26H43F3O/c1-4-17-16-19-21-12-11-18(8-7-10-23(30)26(27,28)29)24(21,2)15-13-22(19)25(3)14-6-5-9-20(17)25/h17-23,30H,4-16H2,1-3H3/t17-,18?,19?,20?,21?,22-,23?,24?,25?/m0/s1. The van der Waals surface area contributed by atoms with E-state index in [-0.39, 0.29) is 6.42 Å². The number of hydrogen-bond donors (Lipinski definition) is 1. The van der Waals surface area contributed by atoms with Gasteiger partial charge in [-0.2, -0.15) is 13.2 Å². The second kappa shape index (κ2) is 8.27. The minimum atomic E-state index is -4.47. The first-order valence-electron chi connectivity index (χ1n) is 12.9. The van der Waals surface area contributed by atoms with Gasteiger partial charge in [0.25, 0.3) is 0 Å². The Morgan fingerprint density at radius 2 is 1.67 bits per heavy atom. The zero-order valence-corrected chi connectivity index (χ0v) is 19.3. The lowest BCUT2D eigenvalue weighted by atomic mass is 9.42. The summed E-state index contributed by atoms with van der Waals surface area (Å²) in [6.45, 7) is 7.50. The van der Waals surface area contributed by atoms with Gasteiger partial charge in [-0.05, 0) is 104 Å². The Labute approximate surface area is 181 Å². The van der Waals surface area contributed by atoms with E-state index in [9.17, 15) is 18.3 Å². The van der Waals surface area contributed by atoms with Crippen molar-refractivity contribution in [3.63, 3.8) is 0 Å². The van der Waals surface area contributed by atoms with Gasteiger partial charge in [0.15, 0.2) is 0 Å². The Kier molecular flexibility index (Phi) is 6.32. The Hall–Kier alpha value is -0.250. The molecule has 0 aromatic heterocycles. The van der Waals surface area contributed by atoms with Crippen LogP contribution in [0.3, 0.4) is 0 Å². The lowest BCUT2D eigenvalue weighted by molar-refractivity contribution is -0.205. The Bertz CT molecular complexity index is 604. The number of halogens is 3. The van der Waals surface area contributed by atoms with E-state index in [2.05, 4.69) is 20.8 Å². The predicted octanol–water partition coefficient (Wildman–Crippen LogP) is 7.77. The summed E-state index contributed by atoms with van der Waals surface area (Å²) in [4.78, 5) is 0. The first-order chi connectivity index (χ1) is 14.1. The monoisotopic (exact) mass is 428 g/mol. The molecule has 0 aromatic carbocycles. The Morgan fingerprint density at radius 3 is 2.37 bits per heavy atom. The molecule has 4 heteroatoms. The smallest absolute Gasteiger partial charge is 0.384 e. The molecular weight excluding hydrogens is 385 g/mol. The fraction of sp³-hybridized carbons (Fsp3) is 1.00. The second-order valence-electron chi connectivity index (χ2n) is 11.9. The quantitative estimate of drug-likeness (QED) is 0.474. The molecule has 174 valence electrons. The van der Waals surface area contributed by atoms with Crippen LogP contribution in [0.2, 0.25) is 0 Å². The van der Waals surface area contributed by atoms with Gasteiger partial charge in [-0.15, -0.1) is 0 Å². The van der Waals surface area contributed by atoms with Gasteiger partial charge in [0, 0.05) is 0 Å². The van der Waals surface area contributed by atoms with Crippen LogP contribution >= 0.6 is 0 Å².